The van der Waals surface area contributed by atoms with Crippen molar-refractivity contribution in [1.82, 2.24) is 9.97 Å². The van der Waals surface area contributed by atoms with Crippen LogP contribution in [0, 0.1) is 5.92 Å². The van der Waals surface area contributed by atoms with E-state index in [0.29, 0.717) is 41.6 Å². The van der Waals surface area contributed by atoms with E-state index in [-0.39, 0.29) is 12.0 Å². The smallest absolute Gasteiger partial charge is 0.257 e. The number of thiazole rings is 1. The van der Waals surface area contributed by atoms with Gasteiger partial charge >= 0.3 is 0 Å². The summed E-state index contributed by atoms with van der Waals surface area (Å²) in [6.45, 7) is 5.77. The molecule has 0 aromatic carbocycles. The van der Waals surface area contributed by atoms with Crippen LogP contribution in [0.3, 0.4) is 0 Å². The predicted octanol–water partition coefficient (Wildman–Crippen LogP) is 2.99. The van der Waals surface area contributed by atoms with Crippen molar-refractivity contribution >= 4 is 22.4 Å². The standard InChI is InChI=1S/C17H21N3O4S/c1-11(2)24-15-8-13(16(21)20-17-18-4-6-25-17)7-14(19-15)23-10-12-3-5-22-9-12/h4,6-8,11-12H,3,5,9-10H2,1-2H3,(H,18,20,21). The Kier molecular flexibility index (Phi) is 5.83. The SMILES string of the molecule is CC(C)Oc1cc(C(=O)Nc2nccs2)cc(OCC2CCOC2)n1. The molecule has 1 aliphatic heterocycles. The topological polar surface area (TPSA) is 82.6 Å². The van der Waals surface area contributed by atoms with Crippen molar-refractivity contribution in [2.24, 2.45) is 5.92 Å². The van der Waals surface area contributed by atoms with Crippen molar-refractivity contribution in [3.05, 3.63) is 29.3 Å². The van der Waals surface area contributed by atoms with Crippen molar-refractivity contribution in [3.8, 4) is 11.8 Å². The largest absolute Gasteiger partial charge is 0.477 e. The van der Waals surface area contributed by atoms with E-state index in [1.165, 1.54) is 11.3 Å². The predicted molar refractivity (Wildman–Crippen MR) is 94.5 cm³/mol. The number of rotatable bonds is 7. The first-order valence-electron chi connectivity index (χ1n) is 8.20. The van der Waals surface area contributed by atoms with Crippen LogP contribution in [0.1, 0.15) is 30.6 Å². The molecule has 3 rings (SSSR count). The van der Waals surface area contributed by atoms with Gasteiger partial charge in [0.1, 0.15) is 0 Å². The van der Waals surface area contributed by atoms with E-state index in [4.69, 9.17) is 14.2 Å². The van der Waals surface area contributed by atoms with E-state index in [9.17, 15) is 4.79 Å². The first kappa shape index (κ1) is 17.6. The molecule has 0 spiro atoms. The van der Waals surface area contributed by atoms with E-state index < -0.39 is 0 Å². The van der Waals surface area contributed by atoms with Crippen LogP contribution < -0.4 is 14.8 Å². The molecule has 1 amide bonds. The first-order valence-corrected chi connectivity index (χ1v) is 9.08. The van der Waals surface area contributed by atoms with E-state index >= 15 is 0 Å². The summed E-state index contributed by atoms with van der Waals surface area (Å²) in [5, 5.41) is 5.09. The van der Waals surface area contributed by atoms with Crippen molar-refractivity contribution in [1.29, 1.82) is 0 Å². The van der Waals surface area contributed by atoms with Crippen LogP contribution in [-0.4, -0.2) is 41.8 Å². The summed E-state index contributed by atoms with van der Waals surface area (Å²) in [4.78, 5) is 20.9. The monoisotopic (exact) mass is 363 g/mol. The van der Waals surface area contributed by atoms with Crippen LogP contribution in [-0.2, 0) is 4.74 Å². The lowest BCUT2D eigenvalue weighted by Crippen LogP contribution is -2.16. The Bertz CT molecular complexity index is 700. The Labute approximate surface area is 150 Å². The highest BCUT2D eigenvalue weighted by Crippen LogP contribution is 2.22. The third-order valence-electron chi connectivity index (χ3n) is 3.54. The molecule has 25 heavy (non-hydrogen) atoms. The van der Waals surface area contributed by atoms with Crippen LogP contribution in [0.15, 0.2) is 23.7 Å². The Hall–Kier alpha value is -2.19. The molecule has 1 unspecified atom stereocenters. The lowest BCUT2D eigenvalue weighted by atomic mass is 10.1. The van der Waals surface area contributed by atoms with E-state index in [1.54, 1.807) is 23.7 Å². The molecular formula is C17H21N3O4S. The molecule has 7 nitrogen and oxygen atoms in total. The van der Waals surface area contributed by atoms with Gasteiger partial charge in [0.2, 0.25) is 11.8 Å². The fraction of sp³-hybridized carbons (Fsp3) is 0.471. The Morgan fingerprint density at radius 1 is 1.44 bits per heavy atom. The molecule has 0 bridgehead atoms. The van der Waals surface area contributed by atoms with Gasteiger partial charge in [-0.1, -0.05) is 0 Å². The molecule has 2 aromatic rings. The van der Waals surface area contributed by atoms with E-state index in [0.717, 1.165) is 13.0 Å². The molecular weight excluding hydrogens is 342 g/mol. The zero-order valence-corrected chi connectivity index (χ0v) is 15.0. The van der Waals surface area contributed by atoms with Crippen LogP contribution >= 0.6 is 11.3 Å². The lowest BCUT2D eigenvalue weighted by molar-refractivity contribution is 0.102. The molecule has 1 fully saturated rings. The van der Waals surface area contributed by atoms with Gasteiger partial charge in [-0.05, 0) is 20.3 Å². The number of nitrogens with one attached hydrogen (secondary N) is 1. The number of hydrogen-bond acceptors (Lipinski definition) is 7. The van der Waals surface area contributed by atoms with Crippen LogP contribution in [0.2, 0.25) is 0 Å². The number of carbonyl (C=O) groups is 1. The van der Waals surface area contributed by atoms with Gasteiger partial charge in [-0.25, -0.2) is 4.98 Å². The molecule has 0 saturated carbocycles. The summed E-state index contributed by atoms with van der Waals surface area (Å²) < 4.78 is 16.8. The Morgan fingerprint density at radius 3 is 2.96 bits per heavy atom. The highest BCUT2D eigenvalue weighted by molar-refractivity contribution is 7.13. The first-order chi connectivity index (χ1) is 12.1. The lowest BCUT2D eigenvalue weighted by Gasteiger charge is -2.14. The number of carbonyl (C=O) groups excluding carboxylic acids is 1. The second-order valence-corrected chi connectivity index (χ2v) is 6.93. The maximum Gasteiger partial charge on any atom is 0.257 e. The second-order valence-electron chi connectivity index (χ2n) is 6.03. The molecule has 3 heterocycles. The average Bonchev–Trinajstić information content (AvgIpc) is 3.25. The number of anilines is 1. The average molecular weight is 363 g/mol. The summed E-state index contributed by atoms with van der Waals surface area (Å²) >= 11 is 1.36. The second kappa shape index (κ2) is 8.26. The van der Waals surface area contributed by atoms with E-state index in [2.05, 4.69) is 15.3 Å². The van der Waals surface area contributed by atoms with Crippen molar-refractivity contribution < 1.29 is 19.0 Å². The van der Waals surface area contributed by atoms with Gasteiger partial charge in [0.25, 0.3) is 5.91 Å². The maximum absolute atomic E-state index is 12.5. The zero-order valence-electron chi connectivity index (χ0n) is 14.2. The molecule has 1 aliphatic rings. The third kappa shape index (κ3) is 5.14. The van der Waals surface area contributed by atoms with Crippen LogP contribution in [0.4, 0.5) is 5.13 Å². The summed E-state index contributed by atoms with van der Waals surface area (Å²) in [5.74, 6) is 0.804. The van der Waals surface area contributed by atoms with E-state index in [1.807, 2.05) is 13.8 Å². The van der Waals surface area contributed by atoms with Gasteiger partial charge in [0, 0.05) is 36.2 Å². The fourth-order valence-electron chi connectivity index (χ4n) is 2.36. The van der Waals surface area contributed by atoms with Crippen LogP contribution in [0.25, 0.3) is 0 Å². The number of aromatic nitrogens is 2. The minimum atomic E-state index is -0.278. The van der Waals surface area contributed by atoms with Gasteiger partial charge in [-0.3, -0.25) is 10.1 Å². The summed E-state index contributed by atoms with van der Waals surface area (Å²) in [6.07, 6.45) is 2.55. The number of amides is 1. The highest BCUT2D eigenvalue weighted by Gasteiger charge is 2.18. The number of pyridine rings is 1. The molecule has 1 saturated heterocycles. The van der Waals surface area contributed by atoms with Crippen molar-refractivity contribution in [3.63, 3.8) is 0 Å². The molecule has 0 aliphatic carbocycles. The van der Waals surface area contributed by atoms with Gasteiger partial charge in [0.15, 0.2) is 5.13 Å². The van der Waals surface area contributed by atoms with Gasteiger partial charge in [-0.2, -0.15) is 4.98 Å². The molecule has 134 valence electrons. The third-order valence-corrected chi connectivity index (χ3v) is 4.23. The zero-order chi connectivity index (χ0) is 17.6. The molecule has 1 atom stereocenters. The van der Waals surface area contributed by atoms with Gasteiger partial charge < -0.3 is 14.2 Å². The number of nitrogens with zero attached hydrogens (tertiary/aromatic N) is 2. The Balaban J connectivity index is 1.75. The normalized spacial score (nSPS) is 16.8. The van der Waals surface area contributed by atoms with Crippen molar-refractivity contribution in [2.75, 3.05) is 25.1 Å². The molecule has 8 heteroatoms. The maximum atomic E-state index is 12.5. The summed E-state index contributed by atoms with van der Waals surface area (Å²) in [7, 11) is 0. The minimum absolute atomic E-state index is 0.0548. The van der Waals surface area contributed by atoms with Gasteiger partial charge in [-0.15, -0.1) is 11.3 Å². The molecule has 1 N–H and O–H groups in total. The number of hydrogen-bond donors (Lipinski definition) is 1. The minimum Gasteiger partial charge on any atom is -0.477 e. The highest BCUT2D eigenvalue weighted by atomic mass is 32.1. The summed E-state index contributed by atoms with van der Waals surface area (Å²) in [6, 6.07) is 3.22. The van der Waals surface area contributed by atoms with Crippen molar-refractivity contribution in [2.45, 2.75) is 26.4 Å². The van der Waals surface area contributed by atoms with Gasteiger partial charge in [0.05, 0.1) is 24.9 Å². The fourth-order valence-corrected chi connectivity index (χ4v) is 2.88. The summed E-state index contributed by atoms with van der Waals surface area (Å²) in [5.41, 5.74) is 0.415. The number of ether oxygens (including phenoxy) is 3. The molecule has 0 radical (unpaired) electrons. The molecule has 2 aromatic heterocycles. The quantitative estimate of drug-likeness (QED) is 0.814. The Morgan fingerprint density at radius 2 is 2.28 bits per heavy atom. The van der Waals surface area contributed by atoms with Crippen LogP contribution in [0.5, 0.6) is 11.8 Å².